The van der Waals surface area contributed by atoms with Gasteiger partial charge in [0.2, 0.25) is 0 Å². The Labute approximate surface area is 274 Å². The first kappa shape index (κ1) is 28.0. The zero-order chi connectivity index (χ0) is 30.4. The smallest absolute Gasteiger partial charge is 0.0434 e. The van der Waals surface area contributed by atoms with Gasteiger partial charge in [-0.3, -0.25) is 0 Å². The lowest BCUT2D eigenvalue weighted by atomic mass is 9.67. The molecule has 2 nitrogen and oxygen atoms in total. The quantitative estimate of drug-likeness (QED) is 0.214. The summed E-state index contributed by atoms with van der Waals surface area (Å²) in [5, 5.41) is 0.623. The number of anilines is 2. The molecule has 3 aromatic rings. The van der Waals surface area contributed by atoms with E-state index in [4.69, 9.17) is 11.6 Å². The van der Waals surface area contributed by atoms with Crippen molar-refractivity contribution < 1.29 is 0 Å². The summed E-state index contributed by atoms with van der Waals surface area (Å²) in [6.45, 7) is 15.5. The molecule has 0 saturated heterocycles. The van der Waals surface area contributed by atoms with Gasteiger partial charge in [0.15, 0.2) is 0 Å². The fourth-order valence-corrected chi connectivity index (χ4v) is 10.6. The lowest BCUT2D eigenvalue weighted by Gasteiger charge is -2.42. The van der Waals surface area contributed by atoms with Gasteiger partial charge in [-0.25, -0.2) is 0 Å². The molecule has 0 amide bonds. The normalized spacial score (nSPS) is 22.4. The Kier molecular flexibility index (Phi) is 6.64. The number of halogens is 1. The predicted molar refractivity (Wildman–Crippen MR) is 190 cm³/mol. The van der Waals surface area contributed by atoms with Crippen LogP contribution >= 0.6 is 11.6 Å². The van der Waals surface area contributed by atoms with Crippen molar-refractivity contribution in [3.05, 3.63) is 127 Å². The second kappa shape index (κ2) is 10.7. The summed E-state index contributed by atoms with van der Waals surface area (Å²) in [6, 6.07) is 10.5. The SMILES string of the molecule is C=CCC1c2cc3c(cc2Cc2c1cc1c4c2CCCN4CCC1)C(/C(C)=C\C(=C)Cl)c1cc2c4c(c1C3)CCCN4CCC2. The minimum absolute atomic E-state index is 0.222. The molecule has 0 bridgehead atoms. The number of aryl methyl sites for hydroxylation is 2. The average molecular weight is 613 g/mol. The summed E-state index contributed by atoms with van der Waals surface area (Å²) >= 11 is 6.49. The van der Waals surface area contributed by atoms with Crippen LogP contribution in [0.3, 0.4) is 0 Å². The Hall–Kier alpha value is -3.23. The van der Waals surface area contributed by atoms with Gasteiger partial charge in [0, 0.05) is 54.4 Å². The van der Waals surface area contributed by atoms with Gasteiger partial charge in [0.05, 0.1) is 0 Å². The number of benzene rings is 3. The Morgan fingerprint density at radius 2 is 1.22 bits per heavy atom. The molecule has 9 rings (SSSR count). The number of allylic oxidation sites excluding steroid dienone is 4. The van der Waals surface area contributed by atoms with Crippen molar-refractivity contribution in [1.29, 1.82) is 0 Å². The van der Waals surface area contributed by atoms with Gasteiger partial charge in [-0.1, -0.05) is 54.1 Å². The van der Waals surface area contributed by atoms with Crippen molar-refractivity contribution in [3.63, 3.8) is 0 Å². The van der Waals surface area contributed by atoms with E-state index in [1.54, 1.807) is 55.9 Å². The van der Waals surface area contributed by atoms with Crippen molar-refractivity contribution in [2.45, 2.75) is 89.4 Å². The first-order chi connectivity index (χ1) is 22.0. The molecule has 4 aliphatic heterocycles. The molecule has 2 atom stereocenters. The van der Waals surface area contributed by atoms with Crippen LogP contribution in [0.4, 0.5) is 11.4 Å². The fourth-order valence-electron chi connectivity index (χ4n) is 10.5. The minimum Gasteiger partial charge on any atom is -0.371 e. The summed E-state index contributed by atoms with van der Waals surface area (Å²) in [5.41, 5.74) is 23.5. The summed E-state index contributed by atoms with van der Waals surface area (Å²) in [5.74, 6) is 0.613. The van der Waals surface area contributed by atoms with E-state index in [1.165, 1.54) is 105 Å². The van der Waals surface area contributed by atoms with E-state index < -0.39 is 0 Å². The molecule has 0 saturated carbocycles. The molecule has 0 fully saturated rings. The van der Waals surface area contributed by atoms with Crippen LogP contribution in [0.2, 0.25) is 0 Å². The molecule has 2 aliphatic carbocycles. The van der Waals surface area contributed by atoms with Crippen LogP contribution in [0, 0.1) is 0 Å². The van der Waals surface area contributed by atoms with Gasteiger partial charge in [-0.15, -0.1) is 6.58 Å². The Morgan fingerprint density at radius 1 is 0.711 bits per heavy atom. The first-order valence-electron chi connectivity index (χ1n) is 17.6. The Morgan fingerprint density at radius 3 is 1.82 bits per heavy atom. The molecule has 230 valence electrons. The van der Waals surface area contributed by atoms with E-state index in [2.05, 4.69) is 66.3 Å². The Balaban J connectivity index is 1.25. The molecular weight excluding hydrogens is 568 g/mol. The number of fused-ring (bicyclic) bond motifs is 6. The maximum atomic E-state index is 6.49. The standard InChI is InChI=1S/C42H45ClN2/c1-4-9-31-34-21-30-24-38-33-13-8-17-45-15-6-11-28(42(33)45)20-39(38)40(25(2)18-26(3)43)35(30)22-29(34)23-37-32-12-7-16-44-14-5-10-27(41(32)44)19-36(31)37/h4,18-22,31,40H,1,3,5-17,23-24H2,2H3/b25-18-. The van der Waals surface area contributed by atoms with Gasteiger partial charge in [0.25, 0.3) is 0 Å². The molecule has 3 aromatic carbocycles. The van der Waals surface area contributed by atoms with Gasteiger partial charge in [-0.05, 0) is 150 Å². The third-order valence-corrected chi connectivity index (χ3v) is 12.2. The van der Waals surface area contributed by atoms with E-state index in [0.717, 1.165) is 19.3 Å². The van der Waals surface area contributed by atoms with Gasteiger partial charge in [0.1, 0.15) is 0 Å². The van der Waals surface area contributed by atoms with Crippen molar-refractivity contribution in [3.8, 4) is 0 Å². The van der Waals surface area contributed by atoms with Crippen molar-refractivity contribution in [2.24, 2.45) is 0 Å². The molecule has 4 heterocycles. The van der Waals surface area contributed by atoms with Crippen molar-refractivity contribution in [2.75, 3.05) is 36.0 Å². The minimum atomic E-state index is 0.222. The average Bonchev–Trinajstić information content (AvgIpc) is 3.04. The summed E-state index contributed by atoms with van der Waals surface area (Å²) < 4.78 is 0. The lowest BCUT2D eigenvalue weighted by molar-refractivity contribution is 0.624. The fraction of sp³-hybridized carbons (Fsp3) is 0.429. The van der Waals surface area contributed by atoms with Crippen LogP contribution in [0.5, 0.6) is 0 Å². The van der Waals surface area contributed by atoms with Crippen LogP contribution in [-0.4, -0.2) is 26.2 Å². The monoisotopic (exact) mass is 612 g/mol. The largest absolute Gasteiger partial charge is 0.371 e. The predicted octanol–water partition coefficient (Wildman–Crippen LogP) is 9.43. The van der Waals surface area contributed by atoms with Crippen molar-refractivity contribution >= 4 is 23.0 Å². The van der Waals surface area contributed by atoms with Gasteiger partial charge in [-0.2, -0.15) is 0 Å². The summed E-state index contributed by atoms with van der Waals surface area (Å²) in [6.07, 6.45) is 17.3. The van der Waals surface area contributed by atoms with Crippen LogP contribution in [-0.2, 0) is 38.5 Å². The molecule has 0 aromatic heterocycles. The second-order valence-corrected chi connectivity index (χ2v) is 15.2. The first-order valence-corrected chi connectivity index (χ1v) is 18.0. The lowest BCUT2D eigenvalue weighted by Crippen LogP contribution is -2.36. The molecule has 2 unspecified atom stereocenters. The summed E-state index contributed by atoms with van der Waals surface area (Å²) in [7, 11) is 0. The molecule has 3 heteroatoms. The number of nitrogens with zero attached hydrogens (tertiary/aromatic N) is 2. The number of hydrogen-bond acceptors (Lipinski definition) is 2. The van der Waals surface area contributed by atoms with Crippen LogP contribution < -0.4 is 9.80 Å². The molecule has 0 N–H and O–H groups in total. The third-order valence-electron chi connectivity index (χ3n) is 12.1. The molecular formula is C42H45ClN2. The maximum Gasteiger partial charge on any atom is 0.0434 e. The van der Waals surface area contributed by atoms with Crippen molar-refractivity contribution in [1.82, 2.24) is 0 Å². The molecule has 0 spiro atoms. The van der Waals surface area contributed by atoms with E-state index in [9.17, 15) is 0 Å². The number of rotatable bonds is 4. The van der Waals surface area contributed by atoms with Crippen LogP contribution in [0.15, 0.2) is 60.2 Å². The van der Waals surface area contributed by atoms with Gasteiger partial charge < -0.3 is 9.80 Å². The second-order valence-electron chi connectivity index (χ2n) is 14.7. The molecule has 45 heavy (non-hydrogen) atoms. The molecule has 6 aliphatic rings. The van der Waals surface area contributed by atoms with Crippen LogP contribution in [0.1, 0.15) is 118 Å². The summed E-state index contributed by atoms with van der Waals surface area (Å²) in [4.78, 5) is 5.40. The molecule has 0 radical (unpaired) electrons. The van der Waals surface area contributed by atoms with Crippen LogP contribution in [0.25, 0.3) is 0 Å². The van der Waals surface area contributed by atoms with E-state index in [-0.39, 0.29) is 5.92 Å². The number of hydrogen-bond donors (Lipinski definition) is 0. The zero-order valence-electron chi connectivity index (χ0n) is 26.9. The highest BCUT2D eigenvalue weighted by molar-refractivity contribution is 6.30. The highest BCUT2D eigenvalue weighted by Crippen LogP contribution is 2.52. The maximum absolute atomic E-state index is 6.49. The highest BCUT2D eigenvalue weighted by atomic mass is 35.5. The Bertz CT molecular complexity index is 1820. The van der Waals surface area contributed by atoms with E-state index in [1.807, 2.05) is 0 Å². The zero-order valence-corrected chi connectivity index (χ0v) is 27.7. The van der Waals surface area contributed by atoms with E-state index in [0.29, 0.717) is 11.0 Å². The highest BCUT2D eigenvalue weighted by Gasteiger charge is 2.38. The third kappa shape index (κ3) is 4.27. The topological polar surface area (TPSA) is 6.48 Å². The van der Waals surface area contributed by atoms with E-state index >= 15 is 0 Å². The van der Waals surface area contributed by atoms with Gasteiger partial charge >= 0.3 is 0 Å².